The molecule has 0 fully saturated rings. The molecule has 0 atom stereocenters. The topological polar surface area (TPSA) is 0 Å². The number of halogens is 2. The molecular weight excluding hydrogens is 326 g/mol. The Balaban J connectivity index is 1.82. The van der Waals surface area contributed by atoms with Crippen molar-refractivity contribution in [3.05, 3.63) is 106 Å². The van der Waals surface area contributed by atoms with Crippen molar-refractivity contribution in [1.82, 2.24) is 0 Å². The van der Waals surface area contributed by atoms with Gasteiger partial charge in [0.05, 0.1) is 0 Å². The summed E-state index contributed by atoms with van der Waals surface area (Å²) < 4.78 is 28.7. The molecule has 0 aromatic heterocycles. The van der Waals surface area contributed by atoms with E-state index in [1.165, 1.54) is 5.56 Å². The third-order valence-corrected chi connectivity index (χ3v) is 4.04. The molecular formula is C24H18F2. The van der Waals surface area contributed by atoms with Crippen LogP contribution in [0.4, 0.5) is 8.78 Å². The van der Waals surface area contributed by atoms with Crippen LogP contribution in [0.25, 0.3) is 11.7 Å². The lowest BCUT2D eigenvalue weighted by Crippen LogP contribution is -1.85. The van der Waals surface area contributed by atoms with E-state index in [2.05, 4.69) is 11.8 Å². The Morgan fingerprint density at radius 3 is 1.27 bits per heavy atom. The van der Waals surface area contributed by atoms with E-state index in [4.69, 9.17) is 0 Å². The third-order valence-electron chi connectivity index (χ3n) is 4.04. The molecule has 0 unspecified atom stereocenters. The van der Waals surface area contributed by atoms with Gasteiger partial charge in [-0.2, -0.15) is 0 Å². The lowest BCUT2D eigenvalue weighted by Gasteiger charge is -2.03. The van der Waals surface area contributed by atoms with E-state index in [0.717, 1.165) is 16.7 Å². The normalized spacial score (nSPS) is 11.4. The van der Waals surface area contributed by atoms with Crippen molar-refractivity contribution in [2.45, 2.75) is 13.8 Å². The Labute approximate surface area is 152 Å². The van der Waals surface area contributed by atoms with Gasteiger partial charge >= 0.3 is 0 Å². The second kappa shape index (κ2) is 7.80. The fourth-order valence-corrected chi connectivity index (χ4v) is 2.43. The van der Waals surface area contributed by atoms with Gasteiger partial charge in [-0.15, -0.1) is 0 Å². The van der Waals surface area contributed by atoms with Crippen molar-refractivity contribution in [2.24, 2.45) is 0 Å². The number of hydrogen-bond donors (Lipinski definition) is 0. The molecule has 0 saturated heterocycles. The van der Waals surface area contributed by atoms with Crippen molar-refractivity contribution in [3.8, 4) is 11.8 Å². The molecule has 0 amide bonds. The molecule has 3 rings (SSSR count). The Kier molecular flexibility index (Phi) is 5.29. The lowest BCUT2D eigenvalue weighted by atomic mass is 10.1. The van der Waals surface area contributed by atoms with Crippen molar-refractivity contribution in [1.29, 1.82) is 0 Å². The Morgan fingerprint density at radius 1 is 0.538 bits per heavy atom. The van der Waals surface area contributed by atoms with Crippen LogP contribution < -0.4 is 0 Å². The zero-order valence-corrected chi connectivity index (χ0v) is 14.7. The Hall–Kier alpha value is -3.18. The zero-order chi connectivity index (χ0) is 18.5. The van der Waals surface area contributed by atoms with Gasteiger partial charge in [-0.1, -0.05) is 71.5 Å². The monoisotopic (exact) mass is 344 g/mol. The van der Waals surface area contributed by atoms with Crippen LogP contribution >= 0.6 is 0 Å². The average Bonchev–Trinajstić information content (AvgIpc) is 2.67. The predicted molar refractivity (Wildman–Crippen MR) is 104 cm³/mol. The van der Waals surface area contributed by atoms with E-state index in [1.54, 1.807) is 48.5 Å². The van der Waals surface area contributed by atoms with Crippen LogP contribution in [0, 0.1) is 25.7 Å². The minimum absolute atomic E-state index is 0.198. The van der Waals surface area contributed by atoms with Crippen molar-refractivity contribution >= 4 is 11.7 Å². The van der Waals surface area contributed by atoms with Gasteiger partial charge in [0.25, 0.3) is 0 Å². The number of rotatable bonds is 2. The largest absolute Gasteiger partial charge is 0.203 e. The summed E-state index contributed by atoms with van der Waals surface area (Å²) in [4.78, 5) is 0. The fourth-order valence-electron chi connectivity index (χ4n) is 2.43. The molecule has 0 N–H and O–H groups in total. The van der Waals surface area contributed by atoms with Gasteiger partial charge in [-0.25, -0.2) is 8.78 Å². The second-order valence-corrected chi connectivity index (χ2v) is 6.19. The molecule has 0 nitrogen and oxygen atoms in total. The van der Waals surface area contributed by atoms with Crippen LogP contribution in [0.3, 0.4) is 0 Å². The maximum Gasteiger partial charge on any atom is 0.166 e. The van der Waals surface area contributed by atoms with Crippen LogP contribution in [-0.2, 0) is 0 Å². The van der Waals surface area contributed by atoms with Gasteiger partial charge in [0, 0.05) is 22.3 Å². The summed E-state index contributed by atoms with van der Waals surface area (Å²) in [6.07, 6.45) is 0. The lowest BCUT2D eigenvalue weighted by molar-refractivity contribution is 0.700. The first-order valence-corrected chi connectivity index (χ1v) is 8.34. The second-order valence-electron chi connectivity index (χ2n) is 6.19. The van der Waals surface area contributed by atoms with Gasteiger partial charge in [-0.3, -0.25) is 0 Å². The van der Waals surface area contributed by atoms with E-state index < -0.39 is 11.7 Å². The van der Waals surface area contributed by atoms with Crippen LogP contribution in [0.5, 0.6) is 0 Å². The summed E-state index contributed by atoms with van der Waals surface area (Å²) in [5.41, 5.74) is 4.27. The molecule has 0 bridgehead atoms. The summed E-state index contributed by atoms with van der Waals surface area (Å²) in [5.74, 6) is 4.37. The minimum Gasteiger partial charge on any atom is -0.203 e. The standard InChI is InChI=1S/C24H18F2/c1-17-3-7-19(8-4-17)9-10-20-11-15-22(16-12-20)24(26)23(25)21-13-5-18(2)6-14-21/h3-8,11-16H,1-2H3/b24-23+. The first-order chi connectivity index (χ1) is 12.5. The van der Waals surface area contributed by atoms with E-state index in [-0.39, 0.29) is 11.1 Å². The highest BCUT2D eigenvalue weighted by Gasteiger charge is 2.11. The van der Waals surface area contributed by atoms with Gasteiger partial charge in [0.15, 0.2) is 11.7 Å². The smallest absolute Gasteiger partial charge is 0.166 e. The molecule has 0 aliphatic rings. The molecule has 0 heterocycles. The number of hydrogen-bond acceptors (Lipinski definition) is 0. The Morgan fingerprint density at radius 2 is 0.846 bits per heavy atom. The quantitative estimate of drug-likeness (QED) is 0.369. The summed E-state index contributed by atoms with van der Waals surface area (Å²) in [6.45, 7) is 3.92. The molecule has 0 saturated carbocycles. The maximum atomic E-state index is 14.4. The maximum absolute atomic E-state index is 14.4. The first-order valence-electron chi connectivity index (χ1n) is 8.34. The van der Waals surface area contributed by atoms with E-state index in [1.807, 2.05) is 38.1 Å². The molecule has 3 aromatic rings. The Bertz CT molecular complexity index is 981. The highest BCUT2D eigenvalue weighted by molar-refractivity contribution is 5.83. The molecule has 0 aliphatic heterocycles. The van der Waals surface area contributed by atoms with Crippen molar-refractivity contribution in [2.75, 3.05) is 0 Å². The molecule has 0 spiro atoms. The summed E-state index contributed by atoms with van der Waals surface area (Å²) in [5, 5.41) is 0. The number of aryl methyl sites for hydroxylation is 2. The molecule has 0 aliphatic carbocycles. The van der Waals surface area contributed by atoms with Crippen LogP contribution in [0.1, 0.15) is 33.4 Å². The molecule has 128 valence electrons. The summed E-state index contributed by atoms with van der Waals surface area (Å²) in [7, 11) is 0. The molecule has 3 aromatic carbocycles. The van der Waals surface area contributed by atoms with E-state index in [0.29, 0.717) is 0 Å². The summed E-state index contributed by atoms with van der Waals surface area (Å²) in [6, 6.07) is 21.0. The summed E-state index contributed by atoms with van der Waals surface area (Å²) >= 11 is 0. The average molecular weight is 344 g/mol. The van der Waals surface area contributed by atoms with Gasteiger partial charge in [-0.05, 0) is 38.1 Å². The molecule has 2 heteroatoms. The molecule has 26 heavy (non-hydrogen) atoms. The van der Waals surface area contributed by atoms with Crippen LogP contribution in [0.15, 0.2) is 72.8 Å². The molecule has 0 radical (unpaired) electrons. The van der Waals surface area contributed by atoms with E-state index in [9.17, 15) is 8.78 Å². The van der Waals surface area contributed by atoms with Crippen molar-refractivity contribution < 1.29 is 8.78 Å². The highest BCUT2D eigenvalue weighted by Crippen LogP contribution is 2.28. The van der Waals surface area contributed by atoms with E-state index >= 15 is 0 Å². The van der Waals surface area contributed by atoms with Gasteiger partial charge in [0.1, 0.15) is 0 Å². The predicted octanol–water partition coefficient (Wildman–Crippen LogP) is 6.47. The first kappa shape index (κ1) is 17.6. The number of benzene rings is 3. The van der Waals surface area contributed by atoms with Crippen LogP contribution in [-0.4, -0.2) is 0 Å². The third kappa shape index (κ3) is 4.26. The van der Waals surface area contributed by atoms with Gasteiger partial charge < -0.3 is 0 Å². The van der Waals surface area contributed by atoms with Gasteiger partial charge in [0.2, 0.25) is 0 Å². The zero-order valence-electron chi connectivity index (χ0n) is 14.7. The highest BCUT2D eigenvalue weighted by atomic mass is 19.2. The van der Waals surface area contributed by atoms with Crippen LogP contribution in [0.2, 0.25) is 0 Å². The fraction of sp³-hybridized carbons (Fsp3) is 0.0833. The minimum atomic E-state index is -0.869. The SMILES string of the molecule is Cc1ccc(C#Cc2ccc(/C(F)=C(\F)c3ccc(C)cc3)cc2)cc1. The van der Waals surface area contributed by atoms with Crippen molar-refractivity contribution in [3.63, 3.8) is 0 Å².